The highest BCUT2D eigenvalue weighted by atomic mass is 32.1. The monoisotopic (exact) mass is 353 g/mol. The number of amides is 1. The third kappa shape index (κ3) is 3.11. The van der Waals surface area contributed by atoms with Gasteiger partial charge in [0.1, 0.15) is 11.5 Å². The maximum absolute atomic E-state index is 13.6. The Balaban J connectivity index is 1.52. The first-order valence-corrected chi connectivity index (χ1v) is 8.31. The molecule has 8 heteroatoms. The number of anilines is 1. The predicted molar refractivity (Wildman–Crippen MR) is 93.7 cm³/mol. The first-order chi connectivity index (χ1) is 12.2. The second-order valence-corrected chi connectivity index (χ2v) is 6.31. The second-order valence-electron chi connectivity index (χ2n) is 5.33. The van der Waals surface area contributed by atoms with Gasteiger partial charge in [-0.1, -0.05) is 29.5 Å². The van der Waals surface area contributed by atoms with Gasteiger partial charge in [0, 0.05) is 23.3 Å². The average Bonchev–Trinajstić information content (AvgIpc) is 3.23. The Kier molecular flexibility index (Phi) is 3.95. The van der Waals surface area contributed by atoms with Crippen LogP contribution in [0.3, 0.4) is 0 Å². The zero-order valence-electron chi connectivity index (χ0n) is 12.9. The molecule has 0 bridgehead atoms. The average molecular weight is 353 g/mol. The van der Waals surface area contributed by atoms with Gasteiger partial charge in [0.05, 0.1) is 6.42 Å². The molecule has 0 aliphatic carbocycles. The number of fused-ring (bicyclic) bond motifs is 1. The van der Waals surface area contributed by atoms with Gasteiger partial charge < -0.3 is 10.3 Å². The summed E-state index contributed by atoms with van der Waals surface area (Å²) in [5, 5.41) is 12.7. The summed E-state index contributed by atoms with van der Waals surface area (Å²) in [6.45, 7) is 0. The molecule has 0 saturated heterocycles. The molecule has 2 N–H and O–H groups in total. The van der Waals surface area contributed by atoms with Crippen LogP contribution in [-0.4, -0.2) is 26.1 Å². The van der Waals surface area contributed by atoms with Crippen LogP contribution in [0.1, 0.15) is 5.56 Å². The fourth-order valence-electron chi connectivity index (χ4n) is 2.49. The normalized spacial score (nSPS) is 10.9. The van der Waals surface area contributed by atoms with Crippen LogP contribution < -0.4 is 5.32 Å². The number of aromatic amines is 1. The van der Waals surface area contributed by atoms with Crippen molar-refractivity contribution >= 4 is 33.4 Å². The van der Waals surface area contributed by atoms with E-state index in [1.165, 1.54) is 17.4 Å². The molecule has 0 aliphatic heterocycles. The van der Waals surface area contributed by atoms with Gasteiger partial charge in [-0.3, -0.25) is 4.79 Å². The molecule has 1 amide bonds. The van der Waals surface area contributed by atoms with Crippen LogP contribution in [0.25, 0.3) is 21.6 Å². The van der Waals surface area contributed by atoms with Crippen LogP contribution >= 0.6 is 11.3 Å². The van der Waals surface area contributed by atoms with Crippen molar-refractivity contribution in [2.24, 2.45) is 0 Å². The number of carbonyl (C=O) groups is 1. The fourth-order valence-corrected chi connectivity index (χ4v) is 3.28. The Morgan fingerprint density at radius 1 is 1.20 bits per heavy atom. The first kappa shape index (κ1) is 15.4. The quantitative estimate of drug-likeness (QED) is 0.589. The van der Waals surface area contributed by atoms with E-state index >= 15 is 0 Å². The molecule has 3 heterocycles. The predicted octanol–water partition coefficient (Wildman–Crippen LogP) is 3.40. The van der Waals surface area contributed by atoms with E-state index < -0.39 is 5.82 Å². The molecule has 0 spiro atoms. The number of halogens is 1. The van der Waals surface area contributed by atoms with Crippen molar-refractivity contribution < 1.29 is 9.18 Å². The zero-order valence-corrected chi connectivity index (χ0v) is 13.7. The smallest absolute Gasteiger partial charge is 0.230 e. The van der Waals surface area contributed by atoms with E-state index in [-0.39, 0.29) is 12.3 Å². The van der Waals surface area contributed by atoms with Crippen LogP contribution in [0.15, 0.2) is 48.8 Å². The lowest BCUT2D eigenvalue weighted by atomic mass is 10.1. The lowest BCUT2D eigenvalue weighted by molar-refractivity contribution is -0.115. The summed E-state index contributed by atoms with van der Waals surface area (Å²) in [5.74, 6) is -0.740. The minimum Gasteiger partial charge on any atom is -0.345 e. The highest BCUT2D eigenvalue weighted by Gasteiger charge is 2.14. The number of nitrogens with one attached hydrogen (secondary N) is 2. The topological polar surface area (TPSA) is 83.6 Å². The number of aromatic nitrogens is 4. The second kappa shape index (κ2) is 6.40. The number of hydrogen-bond donors (Lipinski definition) is 2. The van der Waals surface area contributed by atoms with Crippen molar-refractivity contribution in [1.82, 2.24) is 20.2 Å². The summed E-state index contributed by atoms with van der Waals surface area (Å²) in [5.41, 5.74) is 1.97. The Morgan fingerprint density at radius 3 is 2.96 bits per heavy atom. The summed E-state index contributed by atoms with van der Waals surface area (Å²) in [6, 6.07) is 9.98. The standard InChI is InChI=1S/C17H12FN5OS/c18-13-6-2-1-4-10(13)8-14(24)21-17-23-22-16(25-17)12-9-20-15-11(12)5-3-7-19-15/h1-7,9H,8H2,(H,19,20)(H,21,23,24). The molecule has 0 atom stereocenters. The summed E-state index contributed by atoms with van der Waals surface area (Å²) in [6.07, 6.45) is 3.46. The van der Waals surface area contributed by atoms with Crippen molar-refractivity contribution in [1.29, 1.82) is 0 Å². The number of nitrogens with zero attached hydrogens (tertiary/aromatic N) is 3. The van der Waals surface area contributed by atoms with Gasteiger partial charge in [-0.25, -0.2) is 9.37 Å². The number of carbonyl (C=O) groups excluding carboxylic acids is 1. The van der Waals surface area contributed by atoms with Crippen LogP contribution in [0, 0.1) is 5.82 Å². The molecule has 3 aromatic heterocycles. The molecule has 0 aliphatic rings. The van der Waals surface area contributed by atoms with Crippen molar-refractivity contribution in [3.8, 4) is 10.6 Å². The van der Waals surface area contributed by atoms with E-state index in [0.29, 0.717) is 15.7 Å². The van der Waals surface area contributed by atoms with E-state index in [2.05, 4.69) is 25.5 Å². The van der Waals surface area contributed by atoms with Gasteiger partial charge in [-0.15, -0.1) is 10.2 Å². The Labute approximate surface area is 145 Å². The van der Waals surface area contributed by atoms with Crippen LogP contribution in [-0.2, 0) is 11.2 Å². The SMILES string of the molecule is O=C(Cc1ccccc1F)Nc1nnc(-c2c[nH]c3ncccc23)s1. The Bertz CT molecular complexity index is 1060. The molecular formula is C17H12FN5OS. The van der Waals surface area contributed by atoms with Gasteiger partial charge in [0.15, 0.2) is 5.01 Å². The molecule has 4 aromatic rings. The van der Waals surface area contributed by atoms with Crippen LogP contribution in [0.2, 0.25) is 0 Å². The van der Waals surface area contributed by atoms with Crippen molar-refractivity contribution in [2.75, 3.05) is 5.32 Å². The summed E-state index contributed by atoms with van der Waals surface area (Å²) < 4.78 is 13.6. The summed E-state index contributed by atoms with van der Waals surface area (Å²) in [7, 11) is 0. The lowest BCUT2D eigenvalue weighted by Crippen LogP contribution is -2.15. The molecule has 124 valence electrons. The molecule has 0 radical (unpaired) electrons. The fraction of sp³-hybridized carbons (Fsp3) is 0.0588. The van der Waals surface area contributed by atoms with E-state index in [9.17, 15) is 9.18 Å². The Hall–Kier alpha value is -3.13. The van der Waals surface area contributed by atoms with E-state index in [1.807, 2.05) is 18.3 Å². The number of pyridine rings is 1. The van der Waals surface area contributed by atoms with Gasteiger partial charge in [0.2, 0.25) is 11.0 Å². The van der Waals surface area contributed by atoms with Gasteiger partial charge in [-0.05, 0) is 23.8 Å². The summed E-state index contributed by atoms with van der Waals surface area (Å²) >= 11 is 1.25. The molecule has 1 aromatic carbocycles. The molecule has 25 heavy (non-hydrogen) atoms. The summed E-state index contributed by atoms with van der Waals surface area (Å²) in [4.78, 5) is 19.4. The maximum atomic E-state index is 13.6. The zero-order chi connectivity index (χ0) is 17.2. The van der Waals surface area contributed by atoms with Gasteiger partial charge >= 0.3 is 0 Å². The van der Waals surface area contributed by atoms with E-state index in [4.69, 9.17) is 0 Å². The third-order valence-corrected chi connectivity index (χ3v) is 4.53. The Morgan fingerprint density at radius 2 is 2.08 bits per heavy atom. The lowest BCUT2D eigenvalue weighted by Gasteiger charge is -2.02. The molecule has 0 fully saturated rings. The van der Waals surface area contributed by atoms with E-state index in [1.54, 1.807) is 24.4 Å². The first-order valence-electron chi connectivity index (χ1n) is 7.50. The van der Waals surface area contributed by atoms with Crippen molar-refractivity contribution in [3.63, 3.8) is 0 Å². The molecule has 0 saturated carbocycles. The molecule has 0 unspecified atom stereocenters. The molecule has 4 rings (SSSR count). The van der Waals surface area contributed by atoms with Crippen molar-refractivity contribution in [3.05, 3.63) is 60.2 Å². The highest BCUT2D eigenvalue weighted by molar-refractivity contribution is 7.18. The van der Waals surface area contributed by atoms with Gasteiger partial charge in [0.25, 0.3) is 0 Å². The highest BCUT2D eigenvalue weighted by Crippen LogP contribution is 2.31. The third-order valence-electron chi connectivity index (χ3n) is 3.66. The minimum absolute atomic E-state index is 0.0570. The van der Waals surface area contributed by atoms with Gasteiger partial charge in [-0.2, -0.15) is 0 Å². The molecular weight excluding hydrogens is 341 g/mol. The number of benzene rings is 1. The number of rotatable bonds is 4. The number of H-pyrrole nitrogens is 1. The number of hydrogen-bond acceptors (Lipinski definition) is 5. The molecule has 6 nitrogen and oxygen atoms in total. The van der Waals surface area contributed by atoms with Crippen molar-refractivity contribution in [2.45, 2.75) is 6.42 Å². The van der Waals surface area contributed by atoms with Crippen LogP contribution in [0.5, 0.6) is 0 Å². The minimum atomic E-state index is -0.401. The largest absolute Gasteiger partial charge is 0.345 e. The van der Waals surface area contributed by atoms with E-state index in [0.717, 1.165) is 16.6 Å². The van der Waals surface area contributed by atoms with Crippen LogP contribution in [0.4, 0.5) is 9.52 Å². The maximum Gasteiger partial charge on any atom is 0.230 e.